The average molecular weight is 958 g/mol. The number of rotatable bonds is 50. The van der Waals surface area contributed by atoms with E-state index in [9.17, 15) is 14.4 Å². The molecule has 0 saturated heterocycles. The third-order valence-electron chi connectivity index (χ3n) is 11.8. The van der Waals surface area contributed by atoms with Crippen LogP contribution in [-0.2, 0) is 28.6 Å². The van der Waals surface area contributed by atoms with E-state index in [0.29, 0.717) is 25.7 Å². The minimum absolute atomic E-state index is 0.114. The summed E-state index contributed by atoms with van der Waals surface area (Å²) in [5.74, 6) is -1.01. The number of hydrogen-bond acceptors (Lipinski definition) is 6. The number of carbonyl (C=O) groups is 3. The second kappa shape index (κ2) is 56.7. The Kier molecular flexibility index (Phi) is 53.4. The lowest BCUT2D eigenvalue weighted by Gasteiger charge is -2.18. The fourth-order valence-corrected chi connectivity index (χ4v) is 7.59. The van der Waals surface area contributed by atoms with Crippen LogP contribution in [-0.4, -0.2) is 37.2 Å². The Hall–Kier alpha value is -3.93. The molecule has 0 radical (unpaired) electrons. The predicted octanol–water partition coefficient (Wildman–Crippen LogP) is 19.1. The molecule has 0 rings (SSSR count). The minimum Gasteiger partial charge on any atom is -0.462 e. The van der Waals surface area contributed by atoms with Gasteiger partial charge in [0.1, 0.15) is 13.2 Å². The van der Waals surface area contributed by atoms with E-state index in [0.717, 1.165) is 96.3 Å². The SMILES string of the molecule is CC/C=C\C/C=C\C/C=C\C/C=C\C/C=C\CCCC(=O)OC(COC(=O)CCCC/C=C\C/C=C\C/C=C\C/C=C\CC)COC(=O)CCCCCCCCCCCCCCCCCCCCC. The van der Waals surface area contributed by atoms with Crippen LogP contribution in [0.2, 0.25) is 0 Å². The van der Waals surface area contributed by atoms with E-state index in [1.165, 1.54) is 103 Å². The molecular formula is C63H104O6. The number of allylic oxidation sites excluding steroid dienone is 18. The van der Waals surface area contributed by atoms with Gasteiger partial charge in [0.2, 0.25) is 0 Å². The van der Waals surface area contributed by atoms with Crippen molar-refractivity contribution in [3.8, 4) is 0 Å². The highest BCUT2D eigenvalue weighted by Gasteiger charge is 2.19. The summed E-state index contributed by atoms with van der Waals surface area (Å²) < 4.78 is 16.8. The zero-order valence-electron chi connectivity index (χ0n) is 44.8. The zero-order valence-corrected chi connectivity index (χ0v) is 44.8. The fraction of sp³-hybridized carbons (Fsp3) is 0.667. The highest BCUT2D eigenvalue weighted by Crippen LogP contribution is 2.16. The first-order valence-electron chi connectivity index (χ1n) is 28.4. The van der Waals surface area contributed by atoms with E-state index in [4.69, 9.17) is 14.2 Å². The van der Waals surface area contributed by atoms with Gasteiger partial charge in [-0.1, -0.05) is 246 Å². The topological polar surface area (TPSA) is 78.9 Å². The van der Waals surface area contributed by atoms with Gasteiger partial charge >= 0.3 is 17.9 Å². The van der Waals surface area contributed by atoms with Crippen LogP contribution in [0.25, 0.3) is 0 Å². The Morgan fingerprint density at radius 1 is 0.304 bits per heavy atom. The standard InChI is InChI=1S/C63H104O6/c1-4-7-10-13-16-19-22-25-28-30-31-33-35-38-41-44-47-50-53-56-62(65)68-59-60(58-67-61(64)55-52-49-46-43-40-37-34-27-24-21-18-15-12-9-6-3)69-63(66)57-54-51-48-45-42-39-36-32-29-26-23-20-17-14-11-8-5-2/h8-9,11-12,17-18,20-21,26-27,29,34,36,39-40,43,45,48,60H,4-7,10,13-16,19,22-25,28,30-33,35,37-38,41-42,44,46-47,49-59H2,1-3H3/b11-8-,12-9-,20-17-,21-18-,29-26-,34-27-,39-36-,43-40-,48-45-. The number of ether oxygens (including phenoxy) is 3. The van der Waals surface area contributed by atoms with Gasteiger partial charge < -0.3 is 14.2 Å². The van der Waals surface area contributed by atoms with E-state index >= 15 is 0 Å². The maximum Gasteiger partial charge on any atom is 0.306 e. The van der Waals surface area contributed by atoms with Crippen LogP contribution >= 0.6 is 0 Å². The summed E-state index contributed by atoms with van der Waals surface area (Å²) in [4.78, 5) is 38.1. The Labute approximate surface area is 425 Å². The van der Waals surface area contributed by atoms with Crippen LogP contribution in [0.1, 0.15) is 252 Å². The first-order valence-corrected chi connectivity index (χ1v) is 28.4. The van der Waals surface area contributed by atoms with E-state index in [2.05, 4.69) is 130 Å². The number of hydrogen-bond donors (Lipinski definition) is 0. The van der Waals surface area contributed by atoms with Crippen LogP contribution in [0.15, 0.2) is 109 Å². The number of esters is 3. The lowest BCUT2D eigenvalue weighted by molar-refractivity contribution is -0.167. The Balaban J connectivity index is 4.50. The summed E-state index contributed by atoms with van der Waals surface area (Å²) >= 11 is 0. The van der Waals surface area contributed by atoms with Crippen molar-refractivity contribution in [2.45, 2.75) is 258 Å². The molecule has 0 N–H and O–H groups in total. The largest absolute Gasteiger partial charge is 0.462 e. The number of carbonyl (C=O) groups excluding carboxylic acids is 3. The van der Waals surface area contributed by atoms with Crippen molar-refractivity contribution < 1.29 is 28.6 Å². The second-order valence-electron chi connectivity index (χ2n) is 18.4. The van der Waals surface area contributed by atoms with Gasteiger partial charge in [0.15, 0.2) is 6.10 Å². The molecule has 69 heavy (non-hydrogen) atoms. The first kappa shape index (κ1) is 65.1. The Morgan fingerprint density at radius 3 is 0.928 bits per heavy atom. The van der Waals surface area contributed by atoms with Gasteiger partial charge in [-0.05, 0) is 96.3 Å². The highest BCUT2D eigenvalue weighted by atomic mass is 16.6. The van der Waals surface area contributed by atoms with Crippen LogP contribution in [0.4, 0.5) is 0 Å². The van der Waals surface area contributed by atoms with Gasteiger partial charge in [-0.25, -0.2) is 0 Å². The van der Waals surface area contributed by atoms with Crippen LogP contribution < -0.4 is 0 Å². The van der Waals surface area contributed by atoms with Gasteiger partial charge in [-0.2, -0.15) is 0 Å². The molecule has 392 valence electrons. The van der Waals surface area contributed by atoms with Crippen molar-refractivity contribution in [2.24, 2.45) is 0 Å². The summed E-state index contributed by atoms with van der Waals surface area (Å²) in [6, 6.07) is 0. The van der Waals surface area contributed by atoms with Crippen molar-refractivity contribution in [1.29, 1.82) is 0 Å². The Bertz CT molecular complexity index is 1420. The van der Waals surface area contributed by atoms with Gasteiger partial charge in [0, 0.05) is 19.3 Å². The van der Waals surface area contributed by atoms with E-state index in [1.807, 2.05) is 0 Å². The smallest absolute Gasteiger partial charge is 0.306 e. The molecule has 0 bridgehead atoms. The molecule has 0 saturated carbocycles. The summed E-state index contributed by atoms with van der Waals surface area (Å²) in [6.07, 6.45) is 76.6. The molecule has 0 aliphatic carbocycles. The molecule has 0 aromatic heterocycles. The fourth-order valence-electron chi connectivity index (χ4n) is 7.59. The van der Waals surface area contributed by atoms with Gasteiger partial charge in [0.05, 0.1) is 0 Å². The van der Waals surface area contributed by atoms with E-state index in [1.54, 1.807) is 0 Å². The minimum atomic E-state index is -0.825. The van der Waals surface area contributed by atoms with E-state index < -0.39 is 6.10 Å². The summed E-state index contributed by atoms with van der Waals surface area (Å²) in [5.41, 5.74) is 0. The lowest BCUT2D eigenvalue weighted by Crippen LogP contribution is -2.30. The van der Waals surface area contributed by atoms with Crippen LogP contribution in [0.5, 0.6) is 0 Å². The zero-order chi connectivity index (χ0) is 50.0. The molecule has 0 aliphatic heterocycles. The van der Waals surface area contributed by atoms with Gasteiger partial charge in [-0.15, -0.1) is 0 Å². The van der Waals surface area contributed by atoms with Crippen LogP contribution in [0.3, 0.4) is 0 Å². The highest BCUT2D eigenvalue weighted by molar-refractivity contribution is 5.71. The summed E-state index contributed by atoms with van der Waals surface area (Å²) in [7, 11) is 0. The van der Waals surface area contributed by atoms with Crippen LogP contribution in [0, 0.1) is 0 Å². The molecule has 1 unspecified atom stereocenters. The van der Waals surface area contributed by atoms with Crippen molar-refractivity contribution in [1.82, 2.24) is 0 Å². The molecule has 0 spiro atoms. The van der Waals surface area contributed by atoms with Gasteiger partial charge in [-0.3, -0.25) is 14.4 Å². The maximum absolute atomic E-state index is 12.8. The maximum atomic E-state index is 12.8. The first-order chi connectivity index (χ1) is 34.0. The molecule has 0 fully saturated rings. The molecule has 1 atom stereocenters. The molecule has 6 nitrogen and oxygen atoms in total. The monoisotopic (exact) mass is 957 g/mol. The molecule has 0 aromatic rings. The molecule has 0 amide bonds. The molecule has 6 heteroatoms. The number of unbranched alkanes of at least 4 members (excludes halogenated alkanes) is 21. The van der Waals surface area contributed by atoms with Gasteiger partial charge in [0.25, 0.3) is 0 Å². The molecule has 0 heterocycles. The summed E-state index contributed by atoms with van der Waals surface area (Å²) in [6.45, 7) is 6.34. The van der Waals surface area contributed by atoms with E-state index in [-0.39, 0.29) is 37.5 Å². The Morgan fingerprint density at radius 2 is 0.580 bits per heavy atom. The third-order valence-corrected chi connectivity index (χ3v) is 11.8. The molecule has 0 aromatic carbocycles. The second-order valence-corrected chi connectivity index (χ2v) is 18.4. The quantitative estimate of drug-likeness (QED) is 0.0262. The van der Waals surface area contributed by atoms with Crippen molar-refractivity contribution in [3.05, 3.63) is 109 Å². The van der Waals surface area contributed by atoms with Crippen molar-refractivity contribution in [3.63, 3.8) is 0 Å². The third kappa shape index (κ3) is 54.9. The molecular weight excluding hydrogens is 853 g/mol. The predicted molar refractivity (Wildman–Crippen MR) is 297 cm³/mol. The average Bonchev–Trinajstić information content (AvgIpc) is 3.35. The van der Waals surface area contributed by atoms with Crippen molar-refractivity contribution >= 4 is 17.9 Å². The normalized spacial score (nSPS) is 12.9. The molecule has 0 aliphatic rings. The van der Waals surface area contributed by atoms with Crippen molar-refractivity contribution in [2.75, 3.05) is 13.2 Å². The lowest BCUT2D eigenvalue weighted by atomic mass is 10.0. The summed E-state index contributed by atoms with van der Waals surface area (Å²) in [5, 5.41) is 0.